The Morgan fingerprint density at radius 2 is 2.06 bits per heavy atom. The maximum Gasteiger partial charge on any atom is 0.151 e. The summed E-state index contributed by atoms with van der Waals surface area (Å²) in [5.74, 6) is 1.38. The molecule has 2 aliphatic rings. The molecule has 2 saturated heterocycles. The highest BCUT2D eigenvalue weighted by molar-refractivity contribution is 7.91. The SMILES string of the molecule is CNC1CCN(C2CCS(=O)(=O)C2)CC1C. The molecule has 0 aromatic heterocycles. The van der Waals surface area contributed by atoms with Gasteiger partial charge in [-0.25, -0.2) is 8.42 Å². The predicted molar refractivity (Wildman–Crippen MR) is 65.3 cm³/mol. The van der Waals surface area contributed by atoms with E-state index in [2.05, 4.69) is 17.1 Å². The van der Waals surface area contributed by atoms with Crippen LogP contribution in [0.2, 0.25) is 0 Å². The maximum atomic E-state index is 11.4. The summed E-state index contributed by atoms with van der Waals surface area (Å²) in [6.45, 7) is 4.32. The largest absolute Gasteiger partial charge is 0.317 e. The second kappa shape index (κ2) is 4.63. The van der Waals surface area contributed by atoms with Gasteiger partial charge in [0.25, 0.3) is 0 Å². The van der Waals surface area contributed by atoms with Crippen LogP contribution >= 0.6 is 0 Å². The van der Waals surface area contributed by atoms with Crippen molar-refractivity contribution in [2.24, 2.45) is 5.92 Å². The Labute approximate surface area is 98.3 Å². The number of sulfone groups is 1. The van der Waals surface area contributed by atoms with Crippen molar-refractivity contribution in [3.8, 4) is 0 Å². The molecule has 2 aliphatic heterocycles. The Balaban J connectivity index is 1.93. The zero-order chi connectivity index (χ0) is 11.8. The van der Waals surface area contributed by atoms with Crippen molar-refractivity contribution in [3.63, 3.8) is 0 Å². The van der Waals surface area contributed by atoms with Gasteiger partial charge in [0, 0.05) is 18.6 Å². The van der Waals surface area contributed by atoms with E-state index < -0.39 is 9.84 Å². The summed E-state index contributed by atoms with van der Waals surface area (Å²) >= 11 is 0. The molecule has 1 N–H and O–H groups in total. The zero-order valence-corrected chi connectivity index (χ0v) is 11.0. The molecular weight excluding hydrogens is 224 g/mol. The van der Waals surface area contributed by atoms with E-state index in [1.54, 1.807) is 0 Å². The molecule has 0 aliphatic carbocycles. The number of hydrogen-bond donors (Lipinski definition) is 1. The van der Waals surface area contributed by atoms with Crippen molar-refractivity contribution in [1.29, 1.82) is 0 Å². The predicted octanol–water partition coefficient (Wildman–Crippen LogP) is 0.103. The molecule has 0 aromatic rings. The Hall–Kier alpha value is -0.130. The molecule has 2 fully saturated rings. The van der Waals surface area contributed by atoms with E-state index in [4.69, 9.17) is 0 Å². The molecule has 2 rings (SSSR count). The standard InChI is InChI=1S/C11H22N2O2S/c1-9-7-13(5-3-11(9)12-2)10-4-6-16(14,15)8-10/h9-12H,3-8H2,1-2H3. The molecule has 0 amide bonds. The van der Waals surface area contributed by atoms with E-state index in [0.29, 0.717) is 23.5 Å². The normalized spacial score (nSPS) is 40.0. The number of likely N-dealkylation sites (tertiary alicyclic amines) is 1. The molecule has 2 heterocycles. The van der Waals surface area contributed by atoms with E-state index >= 15 is 0 Å². The Morgan fingerprint density at radius 1 is 1.31 bits per heavy atom. The summed E-state index contributed by atoms with van der Waals surface area (Å²) in [4.78, 5) is 2.38. The smallest absolute Gasteiger partial charge is 0.151 e. The molecule has 0 aromatic carbocycles. The summed E-state index contributed by atoms with van der Waals surface area (Å²) in [6.07, 6.45) is 1.97. The van der Waals surface area contributed by atoms with Crippen LogP contribution < -0.4 is 5.32 Å². The van der Waals surface area contributed by atoms with Gasteiger partial charge >= 0.3 is 0 Å². The van der Waals surface area contributed by atoms with Crippen molar-refractivity contribution in [3.05, 3.63) is 0 Å². The number of nitrogens with zero attached hydrogens (tertiary/aromatic N) is 1. The highest BCUT2D eigenvalue weighted by Gasteiger charge is 2.35. The van der Waals surface area contributed by atoms with Crippen LogP contribution in [0.25, 0.3) is 0 Å². The van der Waals surface area contributed by atoms with E-state index in [-0.39, 0.29) is 6.04 Å². The lowest BCUT2D eigenvalue weighted by Crippen LogP contribution is -2.50. The summed E-state index contributed by atoms with van der Waals surface area (Å²) in [5, 5.41) is 3.34. The molecule has 4 nitrogen and oxygen atoms in total. The number of nitrogens with one attached hydrogen (secondary N) is 1. The Bertz CT molecular complexity index is 342. The summed E-state index contributed by atoms with van der Waals surface area (Å²) in [5.41, 5.74) is 0. The highest BCUT2D eigenvalue weighted by atomic mass is 32.2. The van der Waals surface area contributed by atoms with Gasteiger partial charge in [0.05, 0.1) is 11.5 Å². The number of rotatable bonds is 2. The molecular formula is C11H22N2O2S. The third-order valence-corrected chi connectivity index (χ3v) is 5.78. The zero-order valence-electron chi connectivity index (χ0n) is 10.1. The van der Waals surface area contributed by atoms with Crippen molar-refractivity contribution in [2.45, 2.75) is 31.8 Å². The maximum absolute atomic E-state index is 11.4. The van der Waals surface area contributed by atoms with Crippen molar-refractivity contribution >= 4 is 9.84 Å². The quantitative estimate of drug-likeness (QED) is 0.751. The van der Waals surface area contributed by atoms with Crippen LogP contribution in [0.1, 0.15) is 19.8 Å². The second-order valence-electron chi connectivity index (χ2n) is 5.21. The fourth-order valence-electron chi connectivity index (χ4n) is 3.00. The van der Waals surface area contributed by atoms with Crippen LogP contribution in [0.4, 0.5) is 0 Å². The molecule has 0 bridgehead atoms. The molecule has 94 valence electrons. The van der Waals surface area contributed by atoms with E-state index in [9.17, 15) is 8.42 Å². The molecule has 0 saturated carbocycles. The van der Waals surface area contributed by atoms with E-state index in [0.717, 1.165) is 25.9 Å². The molecule has 16 heavy (non-hydrogen) atoms. The molecule has 0 spiro atoms. The van der Waals surface area contributed by atoms with Gasteiger partial charge in [-0.1, -0.05) is 6.92 Å². The summed E-state index contributed by atoms with van der Waals surface area (Å²) in [6, 6.07) is 0.875. The Kier molecular flexibility index (Phi) is 3.56. The van der Waals surface area contributed by atoms with Crippen molar-refractivity contribution in [1.82, 2.24) is 10.2 Å². The van der Waals surface area contributed by atoms with Crippen LogP contribution in [0.5, 0.6) is 0 Å². The van der Waals surface area contributed by atoms with Gasteiger partial charge in [-0.3, -0.25) is 4.90 Å². The topological polar surface area (TPSA) is 49.4 Å². The molecule has 0 radical (unpaired) electrons. The van der Waals surface area contributed by atoms with Crippen molar-refractivity contribution < 1.29 is 8.42 Å². The van der Waals surface area contributed by atoms with Crippen LogP contribution in [0.3, 0.4) is 0 Å². The lowest BCUT2D eigenvalue weighted by Gasteiger charge is -2.39. The molecule has 5 heteroatoms. The Morgan fingerprint density at radius 3 is 2.56 bits per heavy atom. The third kappa shape index (κ3) is 2.57. The lowest BCUT2D eigenvalue weighted by atomic mass is 9.93. The van der Waals surface area contributed by atoms with Crippen molar-refractivity contribution in [2.75, 3.05) is 31.6 Å². The van der Waals surface area contributed by atoms with Gasteiger partial charge in [0.1, 0.15) is 0 Å². The van der Waals surface area contributed by atoms with Crippen LogP contribution in [-0.2, 0) is 9.84 Å². The lowest BCUT2D eigenvalue weighted by molar-refractivity contribution is 0.116. The first-order chi connectivity index (χ1) is 7.52. The number of piperidine rings is 1. The van der Waals surface area contributed by atoms with E-state index in [1.807, 2.05) is 7.05 Å². The van der Waals surface area contributed by atoms with Gasteiger partial charge in [-0.2, -0.15) is 0 Å². The van der Waals surface area contributed by atoms with E-state index in [1.165, 1.54) is 0 Å². The van der Waals surface area contributed by atoms with Crippen LogP contribution in [0, 0.1) is 5.92 Å². The first-order valence-electron chi connectivity index (χ1n) is 6.13. The average molecular weight is 246 g/mol. The first-order valence-corrected chi connectivity index (χ1v) is 7.96. The summed E-state index contributed by atoms with van der Waals surface area (Å²) in [7, 11) is -0.728. The minimum Gasteiger partial charge on any atom is -0.317 e. The van der Waals surface area contributed by atoms with Gasteiger partial charge in [-0.15, -0.1) is 0 Å². The second-order valence-corrected chi connectivity index (χ2v) is 7.44. The van der Waals surface area contributed by atoms with Gasteiger partial charge < -0.3 is 5.32 Å². The first kappa shape index (κ1) is 12.3. The minimum atomic E-state index is -2.74. The molecule has 3 unspecified atom stereocenters. The fraction of sp³-hybridized carbons (Fsp3) is 1.00. The van der Waals surface area contributed by atoms with Crippen LogP contribution in [0.15, 0.2) is 0 Å². The third-order valence-electron chi connectivity index (χ3n) is 4.03. The minimum absolute atomic E-state index is 0.283. The number of hydrogen-bond acceptors (Lipinski definition) is 4. The van der Waals surface area contributed by atoms with Gasteiger partial charge in [0.2, 0.25) is 0 Å². The monoisotopic (exact) mass is 246 g/mol. The van der Waals surface area contributed by atoms with Gasteiger partial charge in [0.15, 0.2) is 9.84 Å². The highest BCUT2D eigenvalue weighted by Crippen LogP contribution is 2.24. The fourth-order valence-corrected chi connectivity index (χ4v) is 4.76. The average Bonchev–Trinajstić information content (AvgIpc) is 2.59. The van der Waals surface area contributed by atoms with Crippen LogP contribution in [-0.4, -0.2) is 57.0 Å². The summed E-state index contributed by atoms with van der Waals surface area (Å²) < 4.78 is 22.9. The molecule has 3 atom stereocenters. The van der Waals surface area contributed by atoms with Gasteiger partial charge in [-0.05, 0) is 32.4 Å².